The summed E-state index contributed by atoms with van der Waals surface area (Å²) < 4.78 is 5.35. The third-order valence-corrected chi connectivity index (χ3v) is 2.39. The second-order valence-electron chi connectivity index (χ2n) is 2.88. The van der Waals surface area contributed by atoms with Crippen molar-refractivity contribution in [3.63, 3.8) is 0 Å². The first-order valence-corrected chi connectivity index (χ1v) is 5.02. The minimum atomic E-state index is 0.147. The lowest BCUT2D eigenvalue weighted by atomic mass is 10.3. The van der Waals surface area contributed by atoms with E-state index in [1.165, 1.54) is 4.88 Å². The van der Waals surface area contributed by atoms with E-state index in [0.29, 0.717) is 6.61 Å². The van der Waals surface area contributed by atoms with Crippen LogP contribution in [0, 0.1) is 0 Å². The Hall–Kier alpha value is -0.380. The van der Waals surface area contributed by atoms with Gasteiger partial charge in [0.15, 0.2) is 0 Å². The van der Waals surface area contributed by atoms with Crippen molar-refractivity contribution in [3.8, 4) is 0 Å². The summed E-state index contributed by atoms with van der Waals surface area (Å²) in [6.45, 7) is 3.39. The zero-order valence-corrected chi connectivity index (χ0v) is 8.14. The number of rotatable bonds is 5. The molecule has 0 aliphatic heterocycles. The highest BCUT2D eigenvalue weighted by atomic mass is 32.1. The molecule has 0 spiro atoms. The van der Waals surface area contributed by atoms with Gasteiger partial charge in [0.25, 0.3) is 0 Å². The molecular formula is C9H15NOS. The molecule has 0 aliphatic carbocycles. The summed E-state index contributed by atoms with van der Waals surface area (Å²) >= 11 is 1.77. The molecule has 0 aliphatic rings. The maximum absolute atomic E-state index is 5.53. The van der Waals surface area contributed by atoms with Crippen molar-refractivity contribution in [2.45, 2.75) is 19.4 Å². The molecule has 0 amide bonds. The van der Waals surface area contributed by atoms with Crippen LogP contribution in [-0.2, 0) is 11.2 Å². The molecule has 0 saturated carbocycles. The normalized spacial score (nSPS) is 13.2. The molecule has 3 heteroatoms. The molecule has 12 heavy (non-hydrogen) atoms. The summed E-state index contributed by atoms with van der Waals surface area (Å²) in [4.78, 5) is 1.37. The SMILES string of the molecule is CC(N)COCCc1cccs1. The Kier molecular flexibility index (Phi) is 4.29. The highest BCUT2D eigenvalue weighted by Crippen LogP contribution is 2.08. The van der Waals surface area contributed by atoms with E-state index in [1.54, 1.807) is 11.3 Å². The average molecular weight is 185 g/mol. The predicted molar refractivity (Wildman–Crippen MR) is 52.5 cm³/mol. The van der Waals surface area contributed by atoms with Crippen LogP contribution in [0.3, 0.4) is 0 Å². The van der Waals surface area contributed by atoms with Crippen molar-refractivity contribution in [1.82, 2.24) is 0 Å². The Labute approximate surface area is 77.3 Å². The largest absolute Gasteiger partial charge is 0.379 e. The molecular weight excluding hydrogens is 170 g/mol. The molecule has 68 valence electrons. The highest BCUT2D eigenvalue weighted by Gasteiger charge is 1.95. The number of nitrogens with two attached hydrogens (primary N) is 1. The monoisotopic (exact) mass is 185 g/mol. The second kappa shape index (κ2) is 5.30. The van der Waals surface area contributed by atoms with Crippen LogP contribution in [0.25, 0.3) is 0 Å². The standard InChI is InChI=1S/C9H15NOS/c1-8(10)7-11-5-4-9-3-2-6-12-9/h2-3,6,8H,4-5,7,10H2,1H3. The van der Waals surface area contributed by atoms with Gasteiger partial charge in [-0.15, -0.1) is 11.3 Å². The first-order chi connectivity index (χ1) is 5.79. The van der Waals surface area contributed by atoms with E-state index in [0.717, 1.165) is 13.0 Å². The van der Waals surface area contributed by atoms with E-state index in [2.05, 4.69) is 17.5 Å². The first-order valence-electron chi connectivity index (χ1n) is 4.15. The van der Waals surface area contributed by atoms with Crippen molar-refractivity contribution < 1.29 is 4.74 Å². The molecule has 1 aromatic heterocycles. The quantitative estimate of drug-likeness (QED) is 0.708. The molecule has 1 aromatic rings. The number of ether oxygens (including phenoxy) is 1. The van der Waals surface area contributed by atoms with Crippen LogP contribution in [0.4, 0.5) is 0 Å². The first kappa shape index (κ1) is 9.71. The van der Waals surface area contributed by atoms with E-state index < -0.39 is 0 Å². The molecule has 2 N–H and O–H groups in total. The van der Waals surface area contributed by atoms with E-state index in [1.807, 2.05) is 6.92 Å². The fourth-order valence-electron chi connectivity index (χ4n) is 0.897. The third-order valence-electron chi connectivity index (χ3n) is 1.45. The number of thiophene rings is 1. The van der Waals surface area contributed by atoms with Gasteiger partial charge in [0, 0.05) is 17.3 Å². The average Bonchev–Trinajstić information content (AvgIpc) is 2.49. The zero-order valence-electron chi connectivity index (χ0n) is 7.32. The van der Waals surface area contributed by atoms with Gasteiger partial charge in [-0.1, -0.05) is 6.07 Å². The molecule has 2 nitrogen and oxygen atoms in total. The number of hydrogen-bond donors (Lipinski definition) is 1. The van der Waals surface area contributed by atoms with Crippen LogP contribution in [0.5, 0.6) is 0 Å². The molecule has 1 atom stereocenters. The van der Waals surface area contributed by atoms with Crippen molar-refractivity contribution in [1.29, 1.82) is 0 Å². The summed E-state index contributed by atoms with van der Waals surface area (Å²) in [6, 6.07) is 4.33. The minimum absolute atomic E-state index is 0.147. The van der Waals surface area contributed by atoms with Gasteiger partial charge in [0.1, 0.15) is 0 Å². The molecule has 0 radical (unpaired) electrons. The lowest BCUT2D eigenvalue weighted by molar-refractivity contribution is 0.128. The molecule has 1 rings (SSSR count). The van der Waals surface area contributed by atoms with Crippen LogP contribution in [0.2, 0.25) is 0 Å². The van der Waals surface area contributed by atoms with Gasteiger partial charge < -0.3 is 10.5 Å². The molecule has 1 unspecified atom stereocenters. The van der Waals surface area contributed by atoms with Crippen LogP contribution < -0.4 is 5.73 Å². The molecule has 0 saturated heterocycles. The highest BCUT2D eigenvalue weighted by molar-refractivity contribution is 7.09. The minimum Gasteiger partial charge on any atom is -0.379 e. The van der Waals surface area contributed by atoms with Gasteiger partial charge in [-0.05, 0) is 18.4 Å². The Morgan fingerprint density at radius 1 is 1.67 bits per heavy atom. The van der Waals surface area contributed by atoms with Gasteiger partial charge in [0.2, 0.25) is 0 Å². The second-order valence-corrected chi connectivity index (χ2v) is 3.91. The Morgan fingerprint density at radius 3 is 3.08 bits per heavy atom. The zero-order chi connectivity index (χ0) is 8.81. The Balaban J connectivity index is 2.04. The van der Waals surface area contributed by atoms with Crippen molar-refractivity contribution in [2.75, 3.05) is 13.2 Å². The topological polar surface area (TPSA) is 35.2 Å². The van der Waals surface area contributed by atoms with E-state index >= 15 is 0 Å². The van der Waals surface area contributed by atoms with Gasteiger partial charge in [0.05, 0.1) is 13.2 Å². The lowest BCUT2D eigenvalue weighted by Gasteiger charge is -2.05. The summed E-state index contributed by atoms with van der Waals surface area (Å²) in [5, 5.41) is 2.08. The fraction of sp³-hybridized carbons (Fsp3) is 0.556. The van der Waals surface area contributed by atoms with Gasteiger partial charge in [-0.3, -0.25) is 0 Å². The Bertz CT molecular complexity index is 196. The summed E-state index contributed by atoms with van der Waals surface area (Å²) in [6.07, 6.45) is 1.00. The molecule has 0 bridgehead atoms. The fourth-order valence-corrected chi connectivity index (χ4v) is 1.59. The van der Waals surface area contributed by atoms with Crippen molar-refractivity contribution in [3.05, 3.63) is 22.4 Å². The Morgan fingerprint density at radius 2 is 2.50 bits per heavy atom. The predicted octanol–water partition coefficient (Wildman–Crippen LogP) is 1.65. The van der Waals surface area contributed by atoms with Crippen LogP contribution in [0.15, 0.2) is 17.5 Å². The van der Waals surface area contributed by atoms with Gasteiger partial charge in [-0.25, -0.2) is 0 Å². The maximum Gasteiger partial charge on any atom is 0.0614 e. The summed E-state index contributed by atoms with van der Waals surface area (Å²) in [5.41, 5.74) is 5.53. The van der Waals surface area contributed by atoms with Gasteiger partial charge in [-0.2, -0.15) is 0 Å². The summed E-state index contributed by atoms with van der Waals surface area (Å²) in [5.74, 6) is 0. The maximum atomic E-state index is 5.53. The van der Waals surface area contributed by atoms with Crippen LogP contribution >= 0.6 is 11.3 Å². The lowest BCUT2D eigenvalue weighted by Crippen LogP contribution is -2.22. The van der Waals surface area contributed by atoms with Crippen LogP contribution in [0.1, 0.15) is 11.8 Å². The van der Waals surface area contributed by atoms with Crippen LogP contribution in [-0.4, -0.2) is 19.3 Å². The smallest absolute Gasteiger partial charge is 0.0614 e. The van der Waals surface area contributed by atoms with E-state index in [-0.39, 0.29) is 6.04 Å². The molecule has 0 fully saturated rings. The summed E-state index contributed by atoms with van der Waals surface area (Å²) in [7, 11) is 0. The number of hydrogen-bond acceptors (Lipinski definition) is 3. The third kappa shape index (κ3) is 3.85. The molecule has 0 aromatic carbocycles. The van der Waals surface area contributed by atoms with E-state index in [4.69, 9.17) is 10.5 Å². The van der Waals surface area contributed by atoms with Crippen molar-refractivity contribution in [2.24, 2.45) is 5.73 Å². The van der Waals surface area contributed by atoms with E-state index in [9.17, 15) is 0 Å². The van der Waals surface area contributed by atoms with Gasteiger partial charge >= 0.3 is 0 Å². The van der Waals surface area contributed by atoms with Crippen molar-refractivity contribution >= 4 is 11.3 Å². The molecule has 1 heterocycles.